The van der Waals surface area contributed by atoms with Crippen LogP contribution in [0, 0.1) is 0 Å². The zero-order valence-electron chi connectivity index (χ0n) is 14.8. The molecule has 0 saturated heterocycles. The Morgan fingerprint density at radius 1 is 0.862 bits per heavy atom. The fourth-order valence-electron chi connectivity index (χ4n) is 3.68. The van der Waals surface area contributed by atoms with Crippen molar-refractivity contribution in [1.29, 1.82) is 0 Å². The molecule has 1 aliphatic heterocycles. The third kappa shape index (κ3) is 3.74. The van der Waals surface area contributed by atoms with Gasteiger partial charge in [-0.15, -0.1) is 0 Å². The number of nitrogens with zero attached hydrogens (tertiary/aromatic N) is 2. The first-order valence-corrected chi connectivity index (χ1v) is 8.61. The van der Waals surface area contributed by atoms with Gasteiger partial charge >= 0.3 is 12.4 Å². The van der Waals surface area contributed by atoms with E-state index in [0.717, 1.165) is 28.6 Å². The number of aromatic nitrogens is 1. The molecule has 1 aromatic heterocycles. The lowest BCUT2D eigenvalue weighted by Gasteiger charge is -2.29. The van der Waals surface area contributed by atoms with Crippen molar-refractivity contribution in [1.82, 2.24) is 9.88 Å². The zero-order valence-corrected chi connectivity index (χ0v) is 14.8. The smallest absolute Gasteiger partial charge is 0.416 e. The molecular weight excluding hydrogens is 398 g/mol. The minimum absolute atomic E-state index is 0.0201. The third-order valence-electron chi connectivity index (χ3n) is 4.88. The maximum Gasteiger partial charge on any atom is 0.416 e. The Bertz CT molecular complexity index is 1050. The molecule has 0 fully saturated rings. The molecule has 0 atom stereocenters. The van der Waals surface area contributed by atoms with E-state index >= 15 is 0 Å². The van der Waals surface area contributed by atoms with Crippen LogP contribution in [0.1, 0.15) is 27.8 Å². The van der Waals surface area contributed by atoms with Crippen molar-refractivity contribution in [3.8, 4) is 5.75 Å². The van der Waals surface area contributed by atoms with Crippen LogP contribution in [-0.2, 0) is 32.0 Å². The monoisotopic (exact) mass is 412 g/mol. The summed E-state index contributed by atoms with van der Waals surface area (Å²) in [4.78, 5) is 5.91. The lowest BCUT2D eigenvalue weighted by atomic mass is 9.97. The Morgan fingerprint density at radius 2 is 1.45 bits per heavy atom. The maximum atomic E-state index is 13.1. The van der Waals surface area contributed by atoms with Gasteiger partial charge in [0.05, 0.1) is 11.1 Å². The minimum atomic E-state index is -4.88. The number of halogens is 6. The lowest BCUT2D eigenvalue weighted by molar-refractivity contribution is -0.143. The Kier molecular flexibility index (Phi) is 4.45. The van der Waals surface area contributed by atoms with Gasteiger partial charge in [-0.3, -0.25) is 9.88 Å². The summed E-state index contributed by atoms with van der Waals surface area (Å²) in [6.07, 6.45) is -8.24. The molecule has 0 unspecified atom stereocenters. The van der Waals surface area contributed by atoms with Crippen LogP contribution in [0.4, 0.5) is 26.3 Å². The molecule has 29 heavy (non-hydrogen) atoms. The highest BCUT2D eigenvalue weighted by molar-refractivity contribution is 5.90. The summed E-state index contributed by atoms with van der Waals surface area (Å²) in [5, 5.41) is 10.7. The van der Waals surface area contributed by atoms with Crippen molar-refractivity contribution in [2.24, 2.45) is 0 Å². The molecule has 2 heterocycles. The number of aromatic hydroxyl groups is 1. The van der Waals surface area contributed by atoms with Gasteiger partial charge in [-0.1, -0.05) is 6.07 Å². The molecule has 0 saturated carbocycles. The second-order valence-electron chi connectivity index (χ2n) is 7.00. The first-order chi connectivity index (χ1) is 13.5. The van der Waals surface area contributed by atoms with Gasteiger partial charge in [-0.2, -0.15) is 26.3 Å². The van der Waals surface area contributed by atoms with E-state index in [-0.39, 0.29) is 23.9 Å². The van der Waals surface area contributed by atoms with Crippen LogP contribution in [0.15, 0.2) is 42.6 Å². The normalized spacial score (nSPS) is 15.1. The fraction of sp³-hybridized carbons (Fsp3) is 0.250. The molecule has 1 N–H and O–H groups in total. The molecular formula is C20H14F6N2O. The quantitative estimate of drug-likeness (QED) is 0.566. The number of hydrogen-bond donors (Lipinski definition) is 1. The van der Waals surface area contributed by atoms with Gasteiger partial charge in [0.1, 0.15) is 11.3 Å². The molecule has 9 heteroatoms. The van der Waals surface area contributed by atoms with Gasteiger partial charge < -0.3 is 5.11 Å². The van der Waals surface area contributed by atoms with Crippen molar-refractivity contribution in [3.63, 3.8) is 0 Å². The first kappa shape index (κ1) is 19.5. The highest BCUT2D eigenvalue weighted by Crippen LogP contribution is 2.38. The molecule has 0 spiro atoms. The van der Waals surface area contributed by atoms with E-state index in [1.165, 1.54) is 12.3 Å². The number of rotatable bonds is 2. The average molecular weight is 412 g/mol. The van der Waals surface area contributed by atoms with Crippen LogP contribution in [0.3, 0.4) is 0 Å². The summed E-state index contributed by atoms with van der Waals surface area (Å²) in [6, 6.07) is 6.52. The maximum absolute atomic E-state index is 13.1. The van der Waals surface area contributed by atoms with Crippen molar-refractivity contribution in [2.75, 3.05) is 0 Å². The SMILES string of the molecule is Oc1ccc2c3c(ccnc13)CN(Cc1cc(C(F)(F)F)cc(C(F)(F)F)c1)C2. The van der Waals surface area contributed by atoms with Crippen LogP contribution in [-0.4, -0.2) is 15.0 Å². The van der Waals surface area contributed by atoms with E-state index in [4.69, 9.17) is 0 Å². The van der Waals surface area contributed by atoms with Gasteiger partial charge in [0.2, 0.25) is 0 Å². The molecule has 4 rings (SSSR count). The summed E-state index contributed by atoms with van der Waals surface area (Å²) in [6.45, 7) is 0.539. The van der Waals surface area contributed by atoms with E-state index in [9.17, 15) is 31.4 Å². The number of alkyl halides is 6. The molecule has 152 valence electrons. The molecule has 0 amide bonds. The average Bonchev–Trinajstić information content (AvgIpc) is 2.63. The first-order valence-electron chi connectivity index (χ1n) is 8.61. The number of hydrogen-bond acceptors (Lipinski definition) is 3. The summed E-state index contributed by atoms with van der Waals surface area (Å²) < 4.78 is 78.5. The van der Waals surface area contributed by atoms with Gasteiger partial charge in [0, 0.05) is 31.2 Å². The van der Waals surface area contributed by atoms with E-state index in [0.29, 0.717) is 18.6 Å². The van der Waals surface area contributed by atoms with E-state index in [1.807, 2.05) is 0 Å². The number of phenolic OH excluding ortho intramolecular Hbond substituents is 1. The molecule has 0 bridgehead atoms. The summed E-state index contributed by atoms with van der Waals surface area (Å²) in [7, 11) is 0. The van der Waals surface area contributed by atoms with E-state index < -0.39 is 23.5 Å². The summed E-state index contributed by atoms with van der Waals surface area (Å²) in [5.41, 5.74) is -0.685. The van der Waals surface area contributed by atoms with Crippen LogP contribution >= 0.6 is 0 Å². The Balaban J connectivity index is 1.69. The van der Waals surface area contributed by atoms with Crippen molar-refractivity contribution in [3.05, 3.63) is 70.4 Å². The third-order valence-corrected chi connectivity index (χ3v) is 4.88. The molecule has 2 aromatic carbocycles. The highest BCUT2D eigenvalue weighted by atomic mass is 19.4. The highest BCUT2D eigenvalue weighted by Gasteiger charge is 2.37. The van der Waals surface area contributed by atoms with Crippen LogP contribution < -0.4 is 0 Å². The molecule has 0 aliphatic carbocycles. The van der Waals surface area contributed by atoms with Crippen molar-refractivity contribution in [2.45, 2.75) is 32.0 Å². The second-order valence-corrected chi connectivity index (χ2v) is 7.00. The summed E-state index contributed by atoms with van der Waals surface area (Å²) >= 11 is 0. The van der Waals surface area contributed by atoms with Crippen molar-refractivity contribution < 1.29 is 31.4 Å². The van der Waals surface area contributed by atoms with Crippen LogP contribution in [0.25, 0.3) is 10.9 Å². The zero-order chi connectivity index (χ0) is 21.0. The van der Waals surface area contributed by atoms with Gasteiger partial charge in [-0.25, -0.2) is 0 Å². The fourth-order valence-corrected chi connectivity index (χ4v) is 3.68. The second kappa shape index (κ2) is 6.62. The van der Waals surface area contributed by atoms with Crippen molar-refractivity contribution >= 4 is 10.9 Å². The minimum Gasteiger partial charge on any atom is -0.506 e. The Hall–Kier alpha value is -2.81. The number of benzene rings is 2. The Morgan fingerprint density at radius 3 is 2.03 bits per heavy atom. The van der Waals surface area contributed by atoms with Gasteiger partial charge in [0.25, 0.3) is 0 Å². The molecule has 3 nitrogen and oxygen atoms in total. The topological polar surface area (TPSA) is 36.4 Å². The predicted octanol–water partition coefficient (Wildman–Crippen LogP) is 5.49. The van der Waals surface area contributed by atoms with Crippen LogP contribution in [0.2, 0.25) is 0 Å². The van der Waals surface area contributed by atoms with Crippen LogP contribution in [0.5, 0.6) is 5.75 Å². The van der Waals surface area contributed by atoms with Gasteiger partial charge in [0.15, 0.2) is 0 Å². The largest absolute Gasteiger partial charge is 0.506 e. The molecule has 3 aromatic rings. The molecule has 1 aliphatic rings. The molecule has 0 radical (unpaired) electrons. The van der Waals surface area contributed by atoms with E-state index in [1.54, 1.807) is 17.0 Å². The number of phenols is 1. The van der Waals surface area contributed by atoms with E-state index in [2.05, 4.69) is 4.98 Å². The predicted molar refractivity (Wildman–Crippen MR) is 92.8 cm³/mol. The lowest BCUT2D eigenvalue weighted by Crippen LogP contribution is -2.26. The van der Waals surface area contributed by atoms with Gasteiger partial charge in [-0.05, 0) is 47.0 Å². The summed E-state index contributed by atoms with van der Waals surface area (Å²) in [5.74, 6) is 0.0201. The standard InChI is InChI=1S/C20H14F6N2O/c21-19(22,23)14-5-11(6-15(7-14)20(24,25)26)8-28-9-12-1-2-16(29)18-17(12)13(10-28)3-4-27-18/h1-7,29H,8-10H2. The Labute approximate surface area is 161 Å². The number of pyridine rings is 1.